The van der Waals surface area contributed by atoms with Gasteiger partial charge in [-0.1, -0.05) is 40.9 Å². The van der Waals surface area contributed by atoms with E-state index in [9.17, 15) is 4.79 Å². The van der Waals surface area contributed by atoms with Gasteiger partial charge in [0, 0.05) is 11.6 Å². The van der Waals surface area contributed by atoms with E-state index in [0.29, 0.717) is 15.1 Å². The maximum absolute atomic E-state index is 11.7. The van der Waals surface area contributed by atoms with Crippen LogP contribution in [0, 0.1) is 0 Å². The molecule has 112 valence electrons. The number of rotatable bonds is 4. The second-order valence-corrected chi connectivity index (χ2v) is 6.83. The number of halogens is 3. The van der Waals surface area contributed by atoms with Crippen LogP contribution < -0.4 is 10.6 Å². The topological polar surface area (TPSA) is 41.1 Å². The number of carbonyl (C=O) groups excluding carboxylic acids is 1. The normalized spacial score (nSPS) is 13.2. The van der Waals surface area contributed by atoms with Gasteiger partial charge in [-0.15, -0.1) is 0 Å². The van der Waals surface area contributed by atoms with E-state index in [4.69, 9.17) is 34.8 Å². The molecular formula is C14H19Cl3N2O. The molecule has 3 nitrogen and oxygen atoms in total. The molecule has 0 bridgehead atoms. The van der Waals surface area contributed by atoms with Crippen LogP contribution in [0.1, 0.15) is 39.3 Å². The summed E-state index contributed by atoms with van der Waals surface area (Å²) in [7, 11) is 0. The Bertz CT molecular complexity index is 498. The van der Waals surface area contributed by atoms with Crippen molar-refractivity contribution in [3.63, 3.8) is 0 Å². The molecule has 1 rings (SSSR count). The van der Waals surface area contributed by atoms with Crippen LogP contribution in [0.25, 0.3) is 0 Å². The summed E-state index contributed by atoms with van der Waals surface area (Å²) in [5.41, 5.74) is 0.563. The standard InChI is InChI=1S/C14H19Cl3N2O/c1-8(18-7-11(20)19-14(2,3)4)9-5-6-10(15)13(17)12(9)16/h5-6,8,18H,7H2,1-4H3,(H,19,20). The predicted molar refractivity (Wildman–Crippen MR) is 85.8 cm³/mol. The number of nitrogens with one attached hydrogen (secondary N) is 2. The molecule has 2 N–H and O–H groups in total. The SMILES string of the molecule is CC(NCC(=O)NC(C)(C)C)c1ccc(Cl)c(Cl)c1Cl. The fourth-order valence-electron chi connectivity index (χ4n) is 1.69. The van der Waals surface area contributed by atoms with Crippen LogP contribution in [0.4, 0.5) is 0 Å². The molecule has 1 atom stereocenters. The highest BCUT2D eigenvalue weighted by Crippen LogP contribution is 2.35. The number of hydrogen-bond acceptors (Lipinski definition) is 2. The Labute approximate surface area is 135 Å². The summed E-state index contributed by atoms with van der Waals surface area (Å²) >= 11 is 18.1. The van der Waals surface area contributed by atoms with Crippen molar-refractivity contribution in [1.82, 2.24) is 10.6 Å². The van der Waals surface area contributed by atoms with E-state index in [0.717, 1.165) is 5.56 Å². The highest BCUT2D eigenvalue weighted by atomic mass is 35.5. The van der Waals surface area contributed by atoms with E-state index in [-0.39, 0.29) is 24.0 Å². The molecule has 0 saturated heterocycles. The van der Waals surface area contributed by atoms with Crippen molar-refractivity contribution in [2.24, 2.45) is 0 Å². The number of amides is 1. The van der Waals surface area contributed by atoms with Gasteiger partial charge in [0.15, 0.2) is 0 Å². The van der Waals surface area contributed by atoms with Crippen molar-refractivity contribution >= 4 is 40.7 Å². The van der Waals surface area contributed by atoms with E-state index >= 15 is 0 Å². The summed E-state index contributed by atoms with van der Waals surface area (Å²) in [6, 6.07) is 3.39. The third-order valence-corrected chi connectivity index (χ3v) is 3.92. The van der Waals surface area contributed by atoms with E-state index in [2.05, 4.69) is 10.6 Å². The smallest absolute Gasteiger partial charge is 0.234 e. The van der Waals surface area contributed by atoms with E-state index in [1.807, 2.05) is 27.7 Å². The Morgan fingerprint density at radius 1 is 1.20 bits per heavy atom. The summed E-state index contributed by atoms with van der Waals surface area (Å²) in [5.74, 6) is -0.0690. The van der Waals surface area contributed by atoms with Gasteiger partial charge < -0.3 is 10.6 Å². The van der Waals surface area contributed by atoms with Crippen molar-refractivity contribution in [1.29, 1.82) is 0 Å². The molecule has 1 aromatic carbocycles. The molecule has 1 unspecified atom stereocenters. The minimum atomic E-state index is -0.247. The zero-order valence-electron chi connectivity index (χ0n) is 12.0. The molecule has 20 heavy (non-hydrogen) atoms. The summed E-state index contributed by atoms with van der Waals surface area (Å²) in [6.07, 6.45) is 0. The van der Waals surface area contributed by atoms with Gasteiger partial charge in [0.25, 0.3) is 0 Å². The van der Waals surface area contributed by atoms with Crippen LogP contribution in [0.2, 0.25) is 15.1 Å². The summed E-state index contributed by atoms with van der Waals surface area (Å²) in [6.45, 7) is 7.92. The average molecular weight is 338 g/mol. The second-order valence-electron chi connectivity index (χ2n) is 5.67. The lowest BCUT2D eigenvalue weighted by Crippen LogP contribution is -2.45. The first-order chi connectivity index (χ1) is 9.11. The van der Waals surface area contributed by atoms with Gasteiger partial charge in [-0.3, -0.25) is 4.79 Å². The molecule has 0 aliphatic rings. The van der Waals surface area contributed by atoms with Crippen molar-refractivity contribution < 1.29 is 4.79 Å². The van der Waals surface area contributed by atoms with Crippen LogP contribution in [0.15, 0.2) is 12.1 Å². The molecule has 0 aliphatic carbocycles. The molecule has 0 spiro atoms. The minimum Gasteiger partial charge on any atom is -0.350 e. The molecule has 0 radical (unpaired) electrons. The number of hydrogen-bond donors (Lipinski definition) is 2. The second kappa shape index (κ2) is 6.99. The summed E-state index contributed by atoms with van der Waals surface area (Å²) in [5, 5.41) is 7.15. The Morgan fingerprint density at radius 2 is 1.80 bits per heavy atom. The van der Waals surface area contributed by atoms with Gasteiger partial charge in [-0.2, -0.15) is 0 Å². The van der Waals surface area contributed by atoms with E-state index in [1.165, 1.54) is 0 Å². The van der Waals surface area contributed by atoms with Gasteiger partial charge in [0.1, 0.15) is 0 Å². The molecule has 0 heterocycles. The molecule has 0 aliphatic heterocycles. The van der Waals surface area contributed by atoms with Gasteiger partial charge in [-0.25, -0.2) is 0 Å². The van der Waals surface area contributed by atoms with Crippen LogP contribution in [-0.4, -0.2) is 18.0 Å². The highest BCUT2D eigenvalue weighted by molar-refractivity contribution is 6.48. The number of carbonyl (C=O) groups is 1. The quantitative estimate of drug-likeness (QED) is 0.808. The Kier molecular flexibility index (Phi) is 6.14. The lowest BCUT2D eigenvalue weighted by atomic mass is 10.1. The van der Waals surface area contributed by atoms with Crippen molar-refractivity contribution in [2.45, 2.75) is 39.3 Å². The van der Waals surface area contributed by atoms with Crippen molar-refractivity contribution in [2.75, 3.05) is 6.54 Å². The average Bonchev–Trinajstić information content (AvgIpc) is 2.31. The molecule has 0 fully saturated rings. The third-order valence-electron chi connectivity index (χ3n) is 2.61. The van der Waals surface area contributed by atoms with Crippen LogP contribution >= 0.6 is 34.8 Å². The Morgan fingerprint density at radius 3 is 2.35 bits per heavy atom. The van der Waals surface area contributed by atoms with E-state index in [1.54, 1.807) is 12.1 Å². The number of benzene rings is 1. The predicted octanol–water partition coefficient (Wildman–Crippen LogP) is 4.21. The molecule has 1 aromatic rings. The molecule has 1 amide bonds. The molecule has 0 aromatic heterocycles. The fraction of sp³-hybridized carbons (Fsp3) is 0.500. The third kappa shape index (κ3) is 5.13. The Balaban J connectivity index is 2.66. The first kappa shape index (κ1) is 17.6. The fourth-order valence-corrected chi connectivity index (χ4v) is 2.40. The van der Waals surface area contributed by atoms with Crippen molar-refractivity contribution in [3.8, 4) is 0 Å². The van der Waals surface area contributed by atoms with Crippen LogP contribution in [-0.2, 0) is 4.79 Å². The maximum atomic E-state index is 11.7. The van der Waals surface area contributed by atoms with Crippen LogP contribution in [0.5, 0.6) is 0 Å². The van der Waals surface area contributed by atoms with Gasteiger partial charge in [-0.05, 0) is 39.3 Å². The zero-order chi connectivity index (χ0) is 15.5. The van der Waals surface area contributed by atoms with Crippen molar-refractivity contribution in [3.05, 3.63) is 32.8 Å². The summed E-state index contributed by atoms with van der Waals surface area (Å²) < 4.78 is 0. The molecular weight excluding hydrogens is 319 g/mol. The van der Waals surface area contributed by atoms with E-state index < -0.39 is 0 Å². The first-order valence-corrected chi connectivity index (χ1v) is 7.43. The largest absolute Gasteiger partial charge is 0.350 e. The van der Waals surface area contributed by atoms with Gasteiger partial charge in [0.2, 0.25) is 5.91 Å². The zero-order valence-corrected chi connectivity index (χ0v) is 14.2. The van der Waals surface area contributed by atoms with Crippen LogP contribution in [0.3, 0.4) is 0 Å². The molecule has 6 heteroatoms. The summed E-state index contributed by atoms with van der Waals surface area (Å²) in [4.78, 5) is 11.7. The highest BCUT2D eigenvalue weighted by Gasteiger charge is 2.17. The lowest BCUT2D eigenvalue weighted by Gasteiger charge is -2.22. The Hall–Kier alpha value is -0.480. The molecule has 0 saturated carbocycles. The van der Waals surface area contributed by atoms with Gasteiger partial charge >= 0.3 is 0 Å². The minimum absolute atomic E-state index is 0.0690. The van der Waals surface area contributed by atoms with Gasteiger partial charge in [0.05, 0.1) is 21.6 Å². The first-order valence-electron chi connectivity index (χ1n) is 6.29. The lowest BCUT2D eigenvalue weighted by molar-refractivity contribution is -0.121. The monoisotopic (exact) mass is 336 g/mol. The maximum Gasteiger partial charge on any atom is 0.234 e.